The van der Waals surface area contributed by atoms with Gasteiger partial charge in [-0.3, -0.25) is 14.7 Å². The van der Waals surface area contributed by atoms with E-state index in [0.29, 0.717) is 17.0 Å². The lowest BCUT2D eigenvalue weighted by Crippen LogP contribution is -2.30. The number of alkyl halides is 3. The molecule has 0 spiro atoms. The third-order valence-electron chi connectivity index (χ3n) is 2.04. The van der Waals surface area contributed by atoms with Gasteiger partial charge < -0.3 is 0 Å². The van der Waals surface area contributed by atoms with E-state index in [9.17, 15) is 18.0 Å². The quantitative estimate of drug-likeness (QED) is 0.789. The van der Waals surface area contributed by atoms with Crippen molar-refractivity contribution in [3.8, 4) is 0 Å². The molecule has 0 aromatic carbocycles. The van der Waals surface area contributed by atoms with Gasteiger partial charge in [0.15, 0.2) is 6.61 Å². The molecule has 1 aromatic rings. The highest BCUT2D eigenvalue weighted by Crippen LogP contribution is 2.14. The van der Waals surface area contributed by atoms with Gasteiger partial charge in [-0.1, -0.05) is 0 Å². The summed E-state index contributed by atoms with van der Waals surface area (Å²) in [6.07, 6.45) is -4.54. The first-order valence-corrected chi connectivity index (χ1v) is 4.77. The van der Waals surface area contributed by atoms with Crippen molar-refractivity contribution >= 4 is 5.91 Å². The van der Waals surface area contributed by atoms with Gasteiger partial charge in [-0.2, -0.15) is 18.3 Å². The number of nitrogens with zero attached hydrogens (tertiary/aromatic N) is 1. The van der Waals surface area contributed by atoms with Crippen LogP contribution in [0.4, 0.5) is 13.2 Å². The van der Waals surface area contributed by atoms with E-state index >= 15 is 0 Å². The van der Waals surface area contributed by atoms with Crippen LogP contribution in [0.15, 0.2) is 0 Å². The van der Waals surface area contributed by atoms with Gasteiger partial charge >= 0.3 is 6.18 Å². The summed E-state index contributed by atoms with van der Waals surface area (Å²) in [5, 5.41) is 6.53. The molecule has 0 unspecified atom stereocenters. The molecule has 1 heterocycles. The lowest BCUT2D eigenvalue weighted by molar-refractivity contribution is -0.191. The molecular formula is C9H12F3N3O2. The Morgan fingerprint density at radius 1 is 1.47 bits per heavy atom. The molecular weight excluding hydrogens is 239 g/mol. The van der Waals surface area contributed by atoms with Crippen molar-refractivity contribution in [3.63, 3.8) is 0 Å². The van der Waals surface area contributed by atoms with Crippen LogP contribution in [0.1, 0.15) is 17.0 Å². The Labute approximate surface area is 95.3 Å². The number of hydrogen-bond acceptors (Lipinski definition) is 3. The van der Waals surface area contributed by atoms with Crippen molar-refractivity contribution in [3.05, 3.63) is 17.0 Å². The summed E-state index contributed by atoms with van der Waals surface area (Å²) in [4.78, 5) is 15.3. The number of H-pyrrole nitrogens is 1. The number of carbonyl (C=O) groups is 1. The van der Waals surface area contributed by atoms with E-state index in [-0.39, 0.29) is 6.42 Å². The molecule has 0 aliphatic rings. The van der Waals surface area contributed by atoms with Gasteiger partial charge in [-0.25, -0.2) is 5.48 Å². The van der Waals surface area contributed by atoms with Gasteiger partial charge in [0.1, 0.15) is 0 Å². The molecule has 2 N–H and O–H groups in total. The Kier molecular flexibility index (Phi) is 4.11. The molecule has 0 saturated carbocycles. The molecule has 0 saturated heterocycles. The Hall–Kier alpha value is -1.57. The van der Waals surface area contributed by atoms with Crippen molar-refractivity contribution < 1.29 is 22.8 Å². The summed E-state index contributed by atoms with van der Waals surface area (Å²) in [5.74, 6) is -0.651. The number of aryl methyl sites for hydroxylation is 2. The third-order valence-corrected chi connectivity index (χ3v) is 2.04. The first kappa shape index (κ1) is 13.5. The number of hydroxylamine groups is 1. The van der Waals surface area contributed by atoms with Crippen LogP contribution in [0.2, 0.25) is 0 Å². The van der Waals surface area contributed by atoms with Crippen molar-refractivity contribution in [2.24, 2.45) is 0 Å². The highest BCUT2D eigenvalue weighted by molar-refractivity contribution is 5.78. The zero-order chi connectivity index (χ0) is 13.1. The van der Waals surface area contributed by atoms with Crippen LogP contribution in [-0.4, -0.2) is 28.9 Å². The van der Waals surface area contributed by atoms with E-state index in [4.69, 9.17) is 0 Å². The van der Waals surface area contributed by atoms with Crippen LogP contribution in [0.25, 0.3) is 0 Å². The van der Waals surface area contributed by atoms with Gasteiger partial charge in [0, 0.05) is 11.3 Å². The SMILES string of the molecule is Cc1n[nH]c(C)c1CC(=O)NOCC(F)(F)F. The fourth-order valence-corrected chi connectivity index (χ4v) is 1.23. The van der Waals surface area contributed by atoms with Gasteiger partial charge in [0.2, 0.25) is 5.91 Å². The maximum Gasteiger partial charge on any atom is 0.414 e. The predicted octanol–water partition coefficient (Wildman–Crippen LogP) is 1.18. The van der Waals surface area contributed by atoms with Crippen LogP contribution in [0.5, 0.6) is 0 Å². The second kappa shape index (κ2) is 5.17. The smallest absolute Gasteiger partial charge is 0.282 e. The average Bonchev–Trinajstić information content (AvgIpc) is 2.47. The van der Waals surface area contributed by atoms with E-state index in [1.807, 2.05) is 0 Å². The number of rotatable bonds is 4. The van der Waals surface area contributed by atoms with Crippen molar-refractivity contribution in [2.75, 3.05) is 6.61 Å². The van der Waals surface area contributed by atoms with E-state index in [1.165, 1.54) is 0 Å². The molecule has 17 heavy (non-hydrogen) atoms. The highest BCUT2D eigenvalue weighted by Gasteiger charge is 2.28. The number of aromatic nitrogens is 2. The predicted molar refractivity (Wildman–Crippen MR) is 51.9 cm³/mol. The van der Waals surface area contributed by atoms with Gasteiger partial charge in [-0.05, 0) is 13.8 Å². The monoisotopic (exact) mass is 251 g/mol. The number of amides is 1. The van der Waals surface area contributed by atoms with Crippen molar-refractivity contribution in [2.45, 2.75) is 26.4 Å². The minimum atomic E-state index is -4.46. The summed E-state index contributed by atoms with van der Waals surface area (Å²) in [6, 6.07) is 0. The van der Waals surface area contributed by atoms with E-state index in [1.54, 1.807) is 19.3 Å². The Bertz CT molecular complexity index is 381. The Morgan fingerprint density at radius 3 is 2.59 bits per heavy atom. The molecule has 5 nitrogen and oxygen atoms in total. The second-order valence-corrected chi connectivity index (χ2v) is 3.52. The second-order valence-electron chi connectivity index (χ2n) is 3.52. The molecule has 0 atom stereocenters. The molecule has 96 valence electrons. The topological polar surface area (TPSA) is 67.0 Å². The largest absolute Gasteiger partial charge is 0.414 e. The Morgan fingerprint density at radius 2 is 2.12 bits per heavy atom. The molecule has 0 aliphatic heterocycles. The van der Waals surface area contributed by atoms with E-state index in [2.05, 4.69) is 15.0 Å². The third kappa shape index (κ3) is 4.43. The number of carbonyl (C=O) groups excluding carboxylic acids is 1. The maximum absolute atomic E-state index is 11.7. The fraction of sp³-hybridized carbons (Fsp3) is 0.556. The zero-order valence-electron chi connectivity index (χ0n) is 9.31. The Balaban J connectivity index is 2.41. The number of hydrogen-bond donors (Lipinski definition) is 2. The normalized spacial score (nSPS) is 11.6. The van der Waals surface area contributed by atoms with E-state index < -0.39 is 18.7 Å². The lowest BCUT2D eigenvalue weighted by Gasteiger charge is -2.08. The van der Waals surface area contributed by atoms with Gasteiger partial charge in [-0.15, -0.1) is 0 Å². The molecule has 1 aromatic heterocycles. The fourth-order valence-electron chi connectivity index (χ4n) is 1.23. The molecule has 0 radical (unpaired) electrons. The summed E-state index contributed by atoms with van der Waals surface area (Å²) < 4.78 is 35.2. The summed E-state index contributed by atoms with van der Waals surface area (Å²) in [7, 11) is 0. The summed E-state index contributed by atoms with van der Waals surface area (Å²) in [5.41, 5.74) is 3.72. The number of halogens is 3. The van der Waals surface area contributed by atoms with Gasteiger partial charge in [0.05, 0.1) is 12.1 Å². The maximum atomic E-state index is 11.7. The minimum Gasteiger partial charge on any atom is -0.282 e. The molecule has 1 rings (SSSR count). The molecule has 0 bridgehead atoms. The lowest BCUT2D eigenvalue weighted by atomic mass is 10.1. The summed E-state index contributed by atoms with van der Waals surface area (Å²) in [6.45, 7) is 1.91. The first-order valence-electron chi connectivity index (χ1n) is 4.77. The van der Waals surface area contributed by atoms with Crippen LogP contribution in [0, 0.1) is 13.8 Å². The highest BCUT2D eigenvalue weighted by atomic mass is 19.4. The zero-order valence-corrected chi connectivity index (χ0v) is 9.31. The van der Waals surface area contributed by atoms with Crippen LogP contribution in [0.3, 0.4) is 0 Å². The van der Waals surface area contributed by atoms with Crippen molar-refractivity contribution in [1.29, 1.82) is 0 Å². The van der Waals surface area contributed by atoms with Crippen LogP contribution in [-0.2, 0) is 16.1 Å². The summed E-state index contributed by atoms with van der Waals surface area (Å²) >= 11 is 0. The van der Waals surface area contributed by atoms with Gasteiger partial charge in [0.25, 0.3) is 0 Å². The number of aromatic amines is 1. The standard InChI is InChI=1S/C9H12F3N3O2/c1-5-7(6(2)14-13-5)3-8(16)15-17-4-9(10,11)12/h3-4H2,1-2H3,(H,13,14)(H,15,16). The molecule has 1 amide bonds. The molecule has 0 fully saturated rings. The molecule has 8 heteroatoms. The van der Waals surface area contributed by atoms with E-state index in [0.717, 1.165) is 0 Å². The average molecular weight is 251 g/mol. The van der Waals surface area contributed by atoms with Crippen molar-refractivity contribution in [1.82, 2.24) is 15.7 Å². The minimum absolute atomic E-state index is 0.0774. The number of nitrogens with one attached hydrogen (secondary N) is 2. The van der Waals surface area contributed by atoms with Crippen LogP contribution < -0.4 is 5.48 Å². The molecule has 0 aliphatic carbocycles. The van der Waals surface area contributed by atoms with Crippen LogP contribution >= 0.6 is 0 Å². The first-order chi connectivity index (χ1) is 7.79.